The molecule has 0 fully saturated rings. The Hall–Kier alpha value is -1.00. The molecule has 1 atom stereocenters. The Bertz CT molecular complexity index is 361. The van der Waals surface area contributed by atoms with Crippen LogP contribution < -0.4 is 5.32 Å². The fraction of sp³-hybridized carbons (Fsp3) is 0.583. The molecule has 0 aliphatic heterocycles. The molecular formula is C12H19ClN2O2. The summed E-state index contributed by atoms with van der Waals surface area (Å²) in [6.45, 7) is 8.96. The summed E-state index contributed by atoms with van der Waals surface area (Å²) in [7, 11) is 0. The molecule has 0 aliphatic carbocycles. The molecule has 1 heterocycles. The Balaban J connectivity index is 2.49. The second-order valence-corrected chi connectivity index (χ2v) is 4.31. The molecule has 1 aromatic rings. The van der Waals surface area contributed by atoms with E-state index >= 15 is 0 Å². The maximum Gasteiger partial charge on any atom is 0.256 e. The van der Waals surface area contributed by atoms with Gasteiger partial charge in [0.2, 0.25) is 5.22 Å². The van der Waals surface area contributed by atoms with Gasteiger partial charge in [0.1, 0.15) is 0 Å². The van der Waals surface area contributed by atoms with Crippen LogP contribution in [0.3, 0.4) is 0 Å². The Morgan fingerprint density at radius 1 is 1.53 bits per heavy atom. The van der Waals surface area contributed by atoms with Crippen molar-refractivity contribution in [2.45, 2.75) is 26.8 Å². The number of amides is 1. The van der Waals surface area contributed by atoms with E-state index in [0.717, 1.165) is 19.6 Å². The second kappa shape index (κ2) is 6.67. The third kappa shape index (κ3) is 4.06. The van der Waals surface area contributed by atoms with Gasteiger partial charge in [-0.15, -0.1) is 0 Å². The zero-order valence-electron chi connectivity index (χ0n) is 10.5. The first-order chi connectivity index (χ1) is 8.08. The molecular weight excluding hydrogens is 240 g/mol. The van der Waals surface area contributed by atoms with Crippen LogP contribution in [0.4, 0.5) is 0 Å². The van der Waals surface area contributed by atoms with Gasteiger partial charge in [0.25, 0.3) is 5.91 Å². The molecule has 0 saturated heterocycles. The SMILES string of the molecule is CCN(CC)CC(C)NC(=O)c1ccoc1Cl. The van der Waals surface area contributed by atoms with E-state index in [0.29, 0.717) is 5.56 Å². The number of halogens is 1. The highest BCUT2D eigenvalue weighted by atomic mass is 35.5. The van der Waals surface area contributed by atoms with Gasteiger partial charge in [0.15, 0.2) is 0 Å². The van der Waals surface area contributed by atoms with Crippen molar-refractivity contribution in [1.29, 1.82) is 0 Å². The van der Waals surface area contributed by atoms with E-state index in [-0.39, 0.29) is 17.2 Å². The highest BCUT2D eigenvalue weighted by molar-refractivity contribution is 6.32. The van der Waals surface area contributed by atoms with Crippen LogP contribution in [0.2, 0.25) is 5.22 Å². The number of likely N-dealkylation sites (N-methyl/N-ethyl adjacent to an activating group) is 1. The smallest absolute Gasteiger partial charge is 0.256 e. The summed E-state index contributed by atoms with van der Waals surface area (Å²) >= 11 is 5.74. The van der Waals surface area contributed by atoms with Gasteiger partial charge in [-0.05, 0) is 37.7 Å². The zero-order valence-corrected chi connectivity index (χ0v) is 11.3. The first-order valence-electron chi connectivity index (χ1n) is 5.84. The van der Waals surface area contributed by atoms with Gasteiger partial charge in [-0.25, -0.2) is 0 Å². The van der Waals surface area contributed by atoms with E-state index in [1.807, 2.05) is 6.92 Å². The van der Waals surface area contributed by atoms with E-state index < -0.39 is 0 Å². The summed E-state index contributed by atoms with van der Waals surface area (Å²) < 4.78 is 4.88. The number of carbonyl (C=O) groups excluding carboxylic acids is 1. The highest BCUT2D eigenvalue weighted by Crippen LogP contribution is 2.16. The molecule has 96 valence electrons. The summed E-state index contributed by atoms with van der Waals surface area (Å²) in [4.78, 5) is 14.1. The van der Waals surface area contributed by atoms with Crippen molar-refractivity contribution in [3.8, 4) is 0 Å². The first kappa shape index (κ1) is 14.1. The Labute approximate surface area is 107 Å². The molecule has 1 amide bonds. The van der Waals surface area contributed by atoms with E-state index in [1.54, 1.807) is 6.07 Å². The van der Waals surface area contributed by atoms with Crippen LogP contribution >= 0.6 is 11.6 Å². The van der Waals surface area contributed by atoms with Crippen LogP contribution in [-0.2, 0) is 0 Å². The van der Waals surface area contributed by atoms with Crippen LogP contribution in [0.1, 0.15) is 31.1 Å². The number of rotatable bonds is 6. The minimum Gasteiger partial charge on any atom is -0.452 e. The van der Waals surface area contributed by atoms with E-state index in [1.165, 1.54) is 6.26 Å². The lowest BCUT2D eigenvalue weighted by molar-refractivity contribution is 0.0930. The average Bonchev–Trinajstić information content (AvgIpc) is 2.72. The van der Waals surface area contributed by atoms with Crippen molar-refractivity contribution >= 4 is 17.5 Å². The van der Waals surface area contributed by atoms with Crippen LogP contribution in [0.15, 0.2) is 16.7 Å². The normalized spacial score (nSPS) is 12.8. The Kier molecular flexibility index (Phi) is 5.51. The summed E-state index contributed by atoms with van der Waals surface area (Å²) in [5.41, 5.74) is 0.387. The molecule has 0 radical (unpaired) electrons. The lowest BCUT2D eigenvalue weighted by Gasteiger charge is -2.23. The van der Waals surface area contributed by atoms with Crippen LogP contribution in [-0.4, -0.2) is 36.5 Å². The molecule has 1 rings (SSSR count). The monoisotopic (exact) mass is 258 g/mol. The van der Waals surface area contributed by atoms with Crippen molar-refractivity contribution < 1.29 is 9.21 Å². The molecule has 1 aromatic heterocycles. The Morgan fingerprint density at radius 3 is 2.65 bits per heavy atom. The molecule has 0 saturated carbocycles. The predicted octanol–water partition coefficient (Wildman–Crippen LogP) is 2.39. The molecule has 0 aromatic carbocycles. The van der Waals surface area contributed by atoms with Crippen molar-refractivity contribution in [3.05, 3.63) is 23.1 Å². The third-order valence-electron chi connectivity index (χ3n) is 2.67. The lowest BCUT2D eigenvalue weighted by Crippen LogP contribution is -2.41. The molecule has 1 unspecified atom stereocenters. The van der Waals surface area contributed by atoms with Crippen LogP contribution in [0.25, 0.3) is 0 Å². The standard InChI is InChI=1S/C12H19ClN2O2/c1-4-15(5-2)8-9(3)14-12(16)10-6-7-17-11(10)13/h6-7,9H,4-5,8H2,1-3H3,(H,14,16). The van der Waals surface area contributed by atoms with E-state index in [9.17, 15) is 4.79 Å². The van der Waals surface area contributed by atoms with Gasteiger partial charge in [-0.3, -0.25) is 4.79 Å². The maximum atomic E-state index is 11.8. The number of carbonyl (C=O) groups is 1. The van der Waals surface area contributed by atoms with Gasteiger partial charge in [-0.1, -0.05) is 13.8 Å². The van der Waals surface area contributed by atoms with Crippen molar-refractivity contribution in [2.75, 3.05) is 19.6 Å². The fourth-order valence-corrected chi connectivity index (χ4v) is 1.87. The summed E-state index contributed by atoms with van der Waals surface area (Å²) in [6.07, 6.45) is 1.41. The fourth-order valence-electron chi connectivity index (χ4n) is 1.67. The number of nitrogens with zero attached hydrogens (tertiary/aromatic N) is 1. The number of nitrogens with one attached hydrogen (secondary N) is 1. The van der Waals surface area contributed by atoms with Gasteiger partial charge in [0, 0.05) is 12.6 Å². The largest absolute Gasteiger partial charge is 0.452 e. The van der Waals surface area contributed by atoms with Gasteiger partial charge in [0.05, 0.1) is 11.8 Å². The highest BCUT2D eigenvalue weighted by Gasteiger charge is 2.16. The topological polar surface area (TPSA) is 45.5 Å². The first-order valence-corrected chi connectivity index (χ1v) is 6.22. The number of hydrogen-bond donors (Lipinski definition) is 1. The predicted molar refractivity (Wildman–Crippen MR) is 68.4 cm³/mol. The average molecular weight is 259 g/mol. The molecule has 0 bridgehead atoms. The summed E-state index contributed by atoms with van der Waals surface area (Å²) in [5.74, 6) is -0.191. The maximum absolute atomic E-state index is 11.8. The lowest BCUT2D eigenvalue weighted by atomic mass is 10.2. The number of furan rings is 1. The molecule has 0 spiro atoms. The van der Waals surface area contributed by atoms with Gasteiger partial charge in [-0.2, -0.15) is 0 Å². The number of hydrogen-bond acceptors (Lipinski definition) is 3. The molecule has 0 aliphatic rings. The Morgan fingerprint density at radius 2 is 2.18 bits per heavy atom. The minimum absolute atomic E-state index is 0.0772. The van der Waals surface area contributed by atoms with Gasteiger partial charge >= 0.3 is 0 Å². The molecule has 17 heavy (non-hydrogen) atoms. The van der Waals surface area contributed by atoms with Crippen molar-refractivity contribution in [1.82, 2.24) is 10.2 Å². The van der Waals surface area contributed by atoms with E-state index in [2.05, 4.69) is 24.1 Å². The van der Waals surface area contributed by atoms with Crippen LogP contribution in [0, 0.1) is 0 Å². The minimum atomic E-state index is -0.191. The molecule has 1 N–H and O–H groups in total. The zero-order chi connectivity index (χ0) is 12.8. The summed E-state index contributed by atoms with van der Waals surface area (Å²) in [6, 6.07) is 1.65. The quantitative estimate of drug-likeness (QED) is 0.852. The van der Waals surface area contributed by atoms with Gasteiger partial charge < -0.3 is 14.6 Å². The second-order valence-electron chi connectivity index (χ2n) is 3.97. The van der Waals surface area contributed by atoms with Crippen molar-refractivity contribution in [2.24, 2.45) is 0 Å². The summed E-state index contributed by atoms with van der Waals surface area (Å²) in [5, 5.41) is 3.03. The van der Waals surface area contributed by atoms with Crippen molar-refractivity contribution in [3.63, 3.8) is 0 Å². The third-order valence-corrected chi connectivity index (χ3v) is 2.96. The van der Waals surface area contributed by atoms with Crippen LogP contribution in [0.5, 0.6) is 0 Å². The van der Waals surface area contributed by atoms with E-state index in [4.69, 9.17) is 16.0 Å². The molecule has 4 nitrogen and oxygen atoms in total. The molecule has 5 heteroatoms.